The quantitative estimate of drug-likeness (QED) is 0.514. The zero-order valence-corrected chi connectivity index (χ0v) is 9.87. The third-order valence-corrected chi connectivity index (χ3v) is 3.49. The highest BCUT2D eigenvalue weighted by Crippen LogP contribution is 2.33. The van der Waals surface area contributed by atoms with Crippen LogP contribution < -0.4 is 0 Å². The summed E-state index contributed by atoms with van der Waals surface area (Å²) in [5.41, 5.74) is 0. The maximum atomic E-state index is 11.3. The number of rotatable bonds is 5. The molecule has 86 valence electrons. The minimum Gasteiger partial charge on any atom is -0.459 e. The van der Waals surface area contributed by atoms with Crippen molar-refractivity contribution in [1.29, 1.82) is 0 Å². The van der Waals surface area contributed by atoms with Crippen LogP contribution in [-0.4, -0.2) is 12.1 Å². The molecule has 0 aromatic carbocycles. The fourth-order valence-electron chi connectivity index (χ4n) is 2.38. The van der Waals surface area contributed by atoms with Crippen molar-refractivity contribution >= 4 is 5.97 Å². The molecule has 15 heavy (non-hydrogen) atoms. The summed E-state index contributed by atoms with van der Waals surface area (Å²) in [5, 5.41) is 0. The molecular formula is C13H22O2. The summed E-state index contributed by atoms with van der Waals surface area (Å²) in [7, 11) is 0. The molecular weight excluding hydrogens is 188 g/mol. The van der Waals surface area contributed by atoms with Gasteiger partial charge in [-0.3, -0.25) is 0 Å². The van der Waals surface area contributed by atoms with Gasteiger partial charge in [0, 0.05) is 6.08 Å². The molecule has 2 atom stereocenters. The van der Waals surface area contributed by atoms with Crippen LogP contribution in [0.1, 0.15) is 46.0 Å². The molecule has 1 saturated carbocycles. The van der Waals surface area contributed by atoms with Crippen molar-refractivity contribution in [2.45, 2.75) is 52.1 Å². The van der Waals surface area contributed by atoms with Crippen molar-refractivity contribution in [1.82, 2.24) is 0 Å². The van der Waals surface area contributed by atoms with E-state index in [4.69, 9.17) is 4.74 Å². The molecule has 1 rings (SSSR count). The summed E-state index contributed by atoms with van der Waals surface area (Å²) < 4.78 is 5.48. The molecule has 1 fully saturated rings. The molecule has 2 unspecified atom stereocenters. The van der Waals surface area contributed by atoms with Crippen LogP contribution in [0.5, 0.6) is 0 Å². The summed E-state index contributed by atoms with van der Waals surface area (Å²) in [4.78, 5) is 11.3. The Labute approximate surface area is 92.7 Å². The van der Waals surface area contributed by atoms with Crippen LogP contribution in [0, 0.1) is 11.8 Å². The molecule has 0 aromatic heterocycles. The highest BCUT2D eigenvalue weighted by Gasteiger charge is 2.30. The van der Waals surface area contributed by atoms with Gasteiger partial charge in [-0.1, -0.05) is 39.7 Å². The van der Waals surface area contributed by atoms with Crippen molar-refractivity contribution in [3.8, 4) is 0 Å². The lowest BCUT2D eigenvalue weighted by Gasteiger charge is -2.28. The van der Waals surface area contributed by atoms with Crippen molar-refractivity contribution in [3.63, 3.8) is 0 Å². The molecule has 0 aromatic rings. The van der Waals surface area contributed by atoms with Gasteiger partial charge >= 0.3 is 5.97 Å². The van der Waals surface area contributed by atoms with Gasteiger partial charge in [0.05, 0.1) is 0 Å². The standard InChI is InChI=1S/C13H22O2/c1-4-10(3)13(15-12(14)5-2)11-8-6-7-9-11/h5,10-11,13H,2,4,6-9H2,1,3H3. The van der Waals surface area contributed by atoms with Crippen LogP contribution in [0.3, 0.4) is 0 Å². The van der Waals surface area contributed by atoms with Gasteiger partial charge in [0.1, 0.15) is 6.10 Å². The van der Waals surface area contributed by atoms with Crippen LogP contribution in [-0.2, 0) is 9.53 Å². The first-order valence-corrected chi connectivity index (χ1v) is 6.02. The van der Waals surface area contributed by atoms with E-state index in [9.17, 15) is 4.79 Å². The highest BCUT2D eigenvalue weighted by atomic mass is 16.5. The minimum atomic E-state index is -0.271. The molecule has 2 heteroatoms. The zero-order chi connectivity index (χ0) is 11.3. The van der Waals surface area contributed by atoms with Gasteiger partial charge in [0.2, 0.25) is 0 Å². The number of carbonyl (C=O) groups is 1. The normalized spacial score (nSPS) is 20.9. The molecule has 1 aliphatic rings. The molecule has 1 aliphatic carbocycles. The third-order valence-electron chi connectivity index (χ3n) is 3.49. The second-order valence-corrected chi connectivity index (χ2v) is 4.54. The molecule has 2 nitrogen and oxygen atoms in total. The maximum Gasteiger partial charge on any atom is 0.330 e. The van der Waals surface area contributed by atoms with Gasteiger partial charge in [0.15, 0.2) is 0 Å². The lowest BCUT2D eigenvalue weighted by atomic mass is 9.89. The van der Waals surface area contributed by atoms with E-state index in [-0.39, 0.29) is 12.1 Å². The van der Waals surface area contributed by atoms with E-state index in [0.717, 1.165) is 6.42 Å². The predicted molar refractivity (Wildman–Crippen MR) is 61.5 cm³/mol. The van der Waals surface area contributed by atoms with Crippen LogP contribution in [0.25, 0.3) is 0 Å². The fourth-order valence-corrected chi connectivity index (χ4v) is 2.38. The number of esters is 1. The van der Waals surface area contributed by atoms with E-state index in [1.807, 2.05) is 0 Å². The maximum absolute atomic E-state index is 11.3. The minimum absolute atomic E-state index is 0.1000. The Kier molecular flexibility index (Phi) is 4.86. The van der Waals surface area contributed by atoms with Gasteiger partial charge in [-0.2, -0.15) is 0 Å². The van der Waals surface area contributed by atoms with E-state index in [2.05, 4.69) is 20.4 Å². The van der Waals surface area contributed by atoms with Gasteiger partial charge < -0.3 is 4.74 Å². The van der Waals surface area contributed by atoms with E-state index in [1.54, 1.807) is 0 Å². The first-order valence-electron chi connectivity index (χ1n) is 6.02. The van der Waals surface area contributed by atoms with Crippen LogP contribution >= 0.6 is 0 Å². The van der Waals surface area contributed by atoms with Crippen molar-refractivity contribution < 1.29 is 9.53 Å². The van der Waals surface area contributed by atoms with Gasteiger partial charge in [-0.15, -0.1) is 0 Å². The molecule has 0 heterocycles. The number of carbonyl (C=O) groups excluding carboxylic acids is 1. The van der Waals surface area contributed by atoms with Gasteiger partial charge in [-0.05, 0) is 24.7 Å². The van der Waals surface area contributed by atoms with E-state index in [0.29, 0.717) is 11.8 Å². The number of hydrogen-bond donors (Lipinski definition) is 0. The Hall–Kier alpha value is -0.790. The summed E-state index contributed by atoms with van der Waals surface area (Å²) in [5.74, 6) is 0.757. The Bertz CT molecular complexity index is 217. The molecule has 0 bridgehead atoms. The SMILES string of the molecule is C=CC(=O)OC(C(C)CC)C1CCCC1. The predicted octanol–water partition coefficient (Wildman–Crippen LogP) is 3.32. The largest absolute Gasteiger partial charge is 0.459 e. The first-order chi connectivity index (χ1) is 7.19. The molecule has 0 N–H and O–H groups in total. The summed E-state index contributed by atoms with van der Waals surface area (Å²) in [6.45, 7) is 7.76. The van der Waals surface area contributed by atoms with E-state index < -0.39 is 0 Å². The van der Waals surface area contributed by atoms with Crippen LogP contribution in [0.2, 0.25) is 0 Å². The second kappa shape index (κ2) is 5.94. The van der Waals surface area contributed by atoms with Crippen molar-refractivity contribution in [3.05, 3.63) is 12.7 Å². The Morgan fingerprint density at radius 3 is 2.60 bits per heavy atom. The van der Waals surface area contributed by atoms with Gasteiger partial charge in [0.25, 0.3) is 0 Å². The molecule has 0 saturated heterocycles. The van der Waals surface area contributed by atoms with Crippen molar-refractivity contribution in [2.24, 2.45) is 11.8 Å². The van der Waals surface area contributed by atoms with Crippen LogP contribution in [0.4, 0.5) is 0 Å². The number of ether oxygens (including phenoxy) is 1. The zero-order valence-electron chi connectivity index (χ0n) is 9.87. The van der Waals surface area contributed by atoms with E-state index >= 15 is 0 Å². The Morgan fingerprint density at radius 1 is 1.53 bits per heavy atom. The average Bonchev–Trinajstić information content (AvgIpc) is 2.77. The lowest BCUT2D eigenvalue weighted by Crippen LogP contribution is -2.31. The summed E-state index contributed by atoms with van der Waals surface area (Å²) >= 11 is 0. The smallest absolute Gasteiger partial charge is 0.330 e. The molecule has 0 radical (unpaired) electrons. The third kappa shape index (κ3) is 3.37. The molecule has 0 amide bonds. The Morgan fingerprint density at radius 2 is 2.13 bits per heavy atom. The van der Waals surface area contributed by atoms with E-state index in [1.165, 1.54) is 31.8 Å². The summed E-state index contributed by atoms with van der Waals surface area (Å²) in [6.07, 6.45) is 7.41. The monoisotopic (exact) mass is 210 g/mol. The average molecular weight is 210 g/mol. The molecule has 0 spiro atoms. The van der Waals surface area contributed by atoms with Crippen molar-refractivity contribution in [2.75, 3.05) is 0 Å². The molecule has 0 aliphatic heterocycles. The van der Waals surface area contributed by atoms with Crippen LogP contribution in [0.15, 0.2) is 12.7 Å². The van der Waals surface area contributed by atoms with Gasteiger partial charge in [-0.25, -0.2) is 4.79 Å². The number of hydrogen-bond acceptors (Lipinski definition) is 2. The second-order valence-electron chi connectivity index (χ2n) is 4.54. The first kappa shape index (κ1) is 12.3. The topological polar surface area (TPSA) is 26.3 Å². The summed E-state index contributed by atoms with van der Waals surface area (Å²) in [6, 6.07) is 0. The Balaban J connectivity index is 2.59. The highest BCUT2D eigenvalue weighted by molar-refractivity contribution is 5.81. The fraction of sp³-hybridized carbons (Fsp3) is 0.769. The lowest BCUT2D eigenvalue weighted by molar-refractivity contribution is -0.148.